The maximum absolute atomic E-state index is 14.3. The largest absolute Gasteiger partial charge is 0.416 e. The van der Waals surface area contributed by atoms with E-state index in [1.807, 2.05) is 29.7 Å². The number of hydrogen-bond acceptors (Lipinski definition) is 6. The Kier molecular flexibility index (Phi) is 8.32. The molecule has 6 nitrogen and oxygen atoms in total. The van der Waals surface area contributed by atoms with Crippen molar-refractivity contribution in [3.63, 3.8) is 0 Å². The van der Waals surface area contributed by atoms with Crippen LogP contribution in [-0.4, -0.2) is 69.7 Å². The predicted molar refractivity (Wildman–Crippen MR) is 147 cm³/mol. The fraction of sp³-hybridized carbons (Fsp3) is 0.414. The first-order chi connectivity index (χ1) is 19.1. The van der Waals surface area contributed by atoms with E-state index in [-0.39, 0.29) is 29.1 Å². The maximum atomic E-state index is 14.3. The Morgan fingerprint density at radius 2 is 1.62 bits per heavy atom. The number of para-hydroxylation sites is 1. The van der Waals surface area contributed by atoms with Crippen molar-refractivity contribution in [2.45, 2.75) is 49.4 Å². The number of hydrogen-bond donors (Lipinski definition) is 0. The quantitative estimate of drug-likeness (QED) is 0.293. The standard InChI is InChI=1S/C29H31F4N5OS/c1-19-15-20(2)35-28(34-19)40-22-16-26(38(18-22)17-21-7-3-4-8-23(21)29(31,32)33)27(39)37-13-11-36(12-14-37)25-10-6-5-9-24(25)30/h3-10,15,22,26H,11-14,16-18H2,1-2H3/t22-,26-/m0/s1. The van der Waals surface area contributed by atoms with Crippen molar-refractivity contribution >= 4 is 23.4 Å². The third-order valence-electron chi connectivity index (χ3n) is 7.36. The van der Waals surface area contributed by atoms with E-state index in [9.17, 15) is 22.4 Å². The molecule has 0 spiro atoms. The van der Waals surface area contributed by atoms with Gasteiger partial charge in [0.05, 0.1) is 17.3 Å². The number of aromatic nitrogens is 2. The lowest BCUT2D eigenvalue weighted by atomic mass is 10.1. The Bertz CT molecular complexity index is 1340. The lowest BCUT2D eigenvalue weighted by Gasteiger charge is -2.38. The van der Waals surface area contributed by atoms with Crippen LogP contribution in [0.4, 0.5) is 23.2 Å². The minimum atomic E-state index is -4.49. The van der Waals surface area contributed by atoms with Crippen LogP contribution in [-0.2, 0) is 17.5 Å². The molecule has 40 heavy (non-hydrogen) atoms. The average Bonchev–Trinajstić information content (AvgIpc) is 3.29. The Balaban J connectivity index is 1.34. The van der Waals surface area contributed by atoms with E-state index in [0.29, 0.717) is 50.0 Å². The minimum Gasteiger partial charge on any atom is -0.366 e. The van der Waals surface area contributed by atoms with Crippen molar-refractivity contribution in [2.24, 2.45) is 0 Å². The van der Waals surface area contributed by atoms with Gasteiger partial charge in [0, 0.05) is 55.9 Å². The molecule has 3 heterocycles. The molecule has 5 rings (SSSR count). The predicted octanol–water partition coefficient (Wildman–Crippen LogP) is 5.34. The molecule has 2 saturated heterocycles. The molecule has 2 atom stereocenters. The number of aryl methyl sites for hydroxylation is 2. The van der Waals surface area contributed by atoms with E-state index >= 15 is 0 Å². The van der Waals surface area contributed by atoms with Gasteiger partial charge in [0.1, 0.15) is 5.82 Å². The molecule has 2 fully saturated rings. The maximum Gasteiger partial charge on any atom is 0.416 e. The molecule has 0 saturated carbocycles. The highest BCUT2D eigenvalue weighted by Gasteiger charge is 2.41. The number of rotatable bonds is 6. The van der Waals surface area contributed by atoms with Crippen molar-refractivity contribution < 1.29 is 22.4 Å². The van der Waals surface area contributed by atoms with Crippen molar-refractivity contribution in [3.05, 3.63) is 82.9 Å². The van der Waals surface area contributed by atoms with Crippen LogP contribution in [0, 0.1) is 19.7 Å². The summed E-state index contributed by atoms with van der Waals surface area (Å²) in [4.78, 5) is 28.4. The number of likely N-dealkylation sites (tertiary alicyclic amines) is 1. The summed E-state index contributed by atoms with van der Waals surface area (Å²) in [5.41, 5.74) is 1.64. The number of piperazine rings is 1. The molecule has 0 aliphatic carbocycles. The molecular formula is C29H31F4N5OS. The summed E-state index contributed by atoms with van der Waals surface area (Å²) in [5.74, 6) is -0.414. The number of amides is 1. The van der Waals surface area contributed by atoms with Gasteiger partial charge in [-0.2, -0.15) is 13.2 Å². The SMILES string of the molecule is Cc1cc(C)nc(S[C@H]2C[C@@H](C(=O)N3CCN(c4ccccc4F)CC3)N(Cc3ccccc3C(F)(F)F)C2)n1. The van der Waals surface area contributed by atoms with E-state index in [0.717, 1.165) is 17.5 Å². The van der Waals surface area contributed by atoms with Crippen LogP contribution in [0.15, 0.2) is 59.8 Å². The molecule has 3 aromatic rings. The van der Waals surface area contributed by atoms with Crippen LogP contribution in [0.5, 0.6) is 0 Å². The number of anilines is 1. The van der Waals surface area contributed by atoms with Gasteiger partial charge in [-0.3, -0.25) is 9.69 Å². The van der Waals surface area contributed by atoms with Gasteiger partial charge in [0.2, 0.25) is 5.91 Å². The zero-order chi connectivity index (χ0) is 28.4. The zero-order valence-electron chi connectivity index (χ0n) is 22.4. The normalized spacial score (nSPS) is 20.2. The average molecular weight is 574 g/mol. The van der Waals surface area contributed by atoms with Crippen LogP contribution >= 0.6 is 11.8 Å². The Morgan fingerprint density at radius 1 is 0.975 bits per heavy atom. The van der Waals surface area contributed by atoms with E-state index in [4.69, 9.17) is 0 Å². The van der Waals surface area contributed by atoms with Gasteiger partial charge in [0.25, 0.3) is 0 Å². The molecule has 0 radical (unpaired) electrons. The molecule has 0 unspecified atom stereocenters. The first-order valence-corrected chi connectivity index (χ1v) is 14.1. The number of nitrogens with zero attached hydrogens (tertiary/aromatic N) is 5. The Labute approximate surface area is 235 Å². The van der Waals surface area contributed by atoms with E-state index < -0.39 is 17.8 Å². The Hall–Kier alpha value is -3.18. The highest BCUT2D eigenvalue weighted by atomic mass is 32.2. The summed E-state index contributed by atoms with van der Waals surface area (Å²) in [6.45, 7) is 5.99. The molecule has 11 heteroatoms. The van der Waals surface area contributed by atoms with E-state index in [1.165, 1.54) is 30.0 Å². The second kappa shape index (κ2) is 11.7. The van der Waals surface area contributed by atoms with Crippen LogP contribution < -0.4 is 4.90 Å². The lowest BCUT2D eigenvalue weighted by molar-refractivity contribution is -0.138. The molecule has 2 aliphatic heterocycles. The molecule has 0 bridgehead atoms. The third-order valence-corrected chi connectivity index (χ3v) is 8.43. The van der Waals surface area contributed by atoms with Gasteiger partial charge < -0.3 is 9.80 Å². The number of carbonyl (C=O) groups is 1. The minimum absolute atomic E-state index is 0.00600. The highest BCUT2D eigenvalue weighted by molar-refractivity contribution is 7.99. The van der Waals surface area contributed by atoms with Gasteiger partial charge in [0.15, 0.2) is 5.16 Å². The molecular weight excluding hydrogens is 542 g/mol. The highest BCUT2D eigenvalue weighted by Crippen LogP contribution is 2.37. The smallest absolute Gasteiger partial charge is 0.366 e. The first-order valence-electron chi connectivity index (χ1n) is 13.2. The number of alkyl halides is 3. The van der Waals surface area contributed by atoms with E-state index in [1.54, 1.807) is 29.2 Å². The number of benzene rings is 2. The fourth-order valence-corrected chi connectivity index (χ4v) is 6.75. The van der Waals surface area contributed by atoms with Crippen LogP contribution in [0.3, 0.4) is 0 Å². The van der Waals surface area contributed by atoms with Crippen molar-refractivity contribution in [2.75, 3.05) is 37.6 Å². The summed E-state index contributed by atoms with van der Waals surface area (Å²) >= 11 is 1.46. The molecule has 0 N–H and O–H groups in total. The van der Waals surface area contributed by atoms with Crippen molar-refractivity contribution in [1.29, 1.82) is 0 Å². The third kappa shape index (κ3) is 6.41. The fourth-order valence-electron chi connectivity index (χ4n) is 5.51. The molecule has 212 valence electrons. The summed E-state index contributed by atoms with van der Waals surface area (Å²) < 4.78 is 55.6. The second-order valence-electron chi connectivity index (χ2n) is 10.3. The van der Waals surface area contributed by atoms with E-state index in [2.05, 4.69) is 9.97 Å². The van der Waals surface area contributed by atoms with Crippen LogP contribution in [0.2, 0.25) is 0 Å². The summed E-state index contributed by atoms with van der Waals surface area (Å²) in [6.07, 6.45) is -4.01. The zero-order valence-corrected chi connectivity index (χ0v) is 23.2. The van der Waals surface area contributed by atoms with Crippen LogP contribution in [0.25, 0.3) is 0 Å². The Morgan fingerprint density at radius 3 is 2.30 bits per heavy atom. The van der Waals surface area contributed by atoms with Gasteiger partial charge in [-0.05, 0) is 50.1 Å². The van der Waals surface area contributed by atoms with Gasteiger partial charge in [-0.15, -0.1) is 0 Å². The molecule has 2 aromatic carbocycles. The summed E-state index contributed by atoms with van der Waals surface area (Å²) in [6, 6.07) is 13.4. The molecule has 1 aromatic heterocycles. The number of carbonyl (C=O) groups excluding carboxylic acids is 1. The summed E-state index contributed by atoms with van der Waals surface area (Å²) in [5, 5.41) is 0.539. The van der Waals surface area contributed by atoms with Crippen LogP contribution in [0.1, 0.15) is 28.9 Å². The van der Waals surface area contributed by atoms with Gasteiger partial charge in [-0.25, -0.2) is 14.4 Å². The number of halogens is 4. The molecule has 1 amide bonds. The monoisotopic (exact) mass is 573 g/mol. The first kappa shape index (κ1) is 28.4. The second-order valence-corrected chi connectivity index (χ2v) is 11.5. The van der Waals surface area contributed by atoms with Crippen molar-refractivity contribution in [1.82, 2.24) is 19.8 Å². The van der Waals surface area contributed by atoms with Gasteiger partial charge >= 0.3 is 6.18 Å². The van der Waals surface area contributed by atoms with Gasteiger partial charge in [-0.1, -0.05) is 42.1 Å². The lowest BCUT2D eigenvalue weighted by Crippen LogP contribution is -2.53. The van der Waals surface area contributed by atoms with Crippen molar-refractivity contribution in [3.8, 4) is 0 Å². The summed E-state index contributed by atoms with van der Waals surface area (Å²) in [7, 11) is 0. The number of thioether (sulfide) groups is 1. The molecule has 2 aliphatic rings. The topological polar surface area (TPSA) is 52.6 Å².